The normalized spacial score (nSPS) is 12.6. The highest BCUT2D eigenvalue weighted by atomic mass is 16.4. The molecular weight excluding hydrogens is 496 g/mol. The number of aromatic hydroxyl groups is 1. The Hall–Kier alpha value is -4.89. The molecule has 9 nitrogen and oxygen atoms in total. The zero-order chi connectivity index (χ0) is 27.7. The van der Waals surface area contributed by atoms with Gasteiger partial charge >= 0.3 is 5.97 Å². The third kappa shape index (κ3) is 5.12. The molecule has 1 atom stereocenters. The molecule has 0 bridgehead atoms. The molecule has 0 aliphatic heterocycles. The number of aromatic nitrogens is 2. The van der Waals surface area contributed by atoms with Crippen molar-refractivity contribution in [3.8, 4) is 5.88 Å². The number of aliphatic hydroxyl groups excluding tert-OH is 1. The number of amides is 1. The zero-order valence-electron chi connectivity index (χ0n) is 21.5. The summed E-state index contributed by atoms with van der Waals surface area (Å²) in [7, 11) is 3.38. The Morgan fingerprint density at radius 1 is 1.00 bits per heavy atom. The Morgan fingerprint density at radius 2 is 1.77 bits per heavy atom. The smallest absolute Gasteiger partial charge is 0.335 e. The Kier molecular flexibility index (Phi) is 6.91. The van der Waals surface area contributed by atoms with E-state index in [1.165, 1.54) is 17.0 Å². The highest BCUT2D eigenvalue weighted by Crippen LogP contribution is 2.33. The SMILES string of the molecule is CN(C)C(=O)CCC(O)n1ccc2cc(N=C(c3ccccc3)c3c(O)[nH]c4cc(C(=O)O)ccc34)ccc21. The summed E-state index contributed by atoms with van der Waals surface area (Å²) in [6.45, 7) is 0. The van der Waals surface area contributed by atoms with E-state index in [0.717, 1.165) is 16.5 Å². The van der Waals surface area contributed by atoms with E-state index in [1.807, 2.05) is 54.6 Å². The number of nitrogens with one attached hydrogen (secondary N) is 1. The molecule has 1 amide bonds. The summed E-state index contributed by atoms with van der Waals surface area (Å²) in [5.41, 5.74) is 3.78. The number of aliphatic imine (C=N–C) groups is 1. The number of carbonyl (C=O) groups excluding carboxylic acids is 1. The van der Waals surface area contributed by atoms with Crippen LogP contribution in [0.3, 0.4) is 0 Å². The number of aromatic amines is 1. The molecule has 3 aromatic carbocycles. The Bertz CT molecular complexity index is 1720. The maximum Gasteiger partial charge on any atom is 0.335 e. The lowest BCUT2D eigenvalue weighted by molar-refractivity contribution is -0.129. The van der Waals surface area contributed by atoms with Gasteiger partial charge < -0.3 is 29.8 Å². The number of H-pyrrole nitrogens is 1. The zero-order valence-corrected chi connectivity index (χ0v) is 21.5. The van der Waals surface area contributed by atoms with Gasteiger partial charge in [-0.1, -0.05) is 36.4 Å². The largest absolute Gasteiger partial charge is 0.494 e. The maximum absolute atomic E-state index is 11.9. The van der Waals surface area contributed by atoms with Crippen molar-refractivity contribution in [2.45, 2.75) is 19.1 Å². The highest BCUT2D eigenvalue weighted by molar-refractivity contribution is 6.22. The highest BCUT2D eigenvalue weighted by Gasteiger charge is 2.20. The van der Waals surface area contributed by atoms with Crippen LogP contribution in [0.5, 0.6) is 5.88 Å². The number of fused-ring (bicyclic) bond motifs is 2. The van der Waals surface area contributed by atoms with E-state index < -0.39 is 12.2 Å². The lowest BCUT2D eigenvalue weighted by Crippen LogP contribution is -2.22. The van der Waals surface area contributed by atoms with E-state index in [-0.39, 0.29) is 23.8 Å². The number of hydrogen-bond donors (Lipinski definition) is 4. The van der Waals surface area contributed by atoms with Crippen molar-refractivity contribution in [2.75, 3.05) is 14.1 Å². The van der Waals surface area contributed by atoms with Crippen LogP contribution >= 0.6 is 0 Å². The van der Waals surface area contributed by atoms with Crippen molar-refractivity contribution in [1.29, 1.82) is 0 Å². The average molecular weight is 525 g/mol. The predicted octanol–water partition coefficient (Wildman–Crippen LogP) is 5.05. The van der Waals surface area contributed by atoms with Gasteiger partial charge in [0.1, 0.15) is 6.23 Å². The van der Waals surface area contributed by atoms with E-state index in [4.69, 9.17) is 4.99 Å². The maximum atomic E-state index is 11.9. The summed E-state index contributed by atoms with van der Waals surface area (Å²) < 4.78 is 1.73. The average Bonchev–Trinajstić information content (AvgIpc) is 3.50. The molecule has 5 aromatic rings. The van der Waals surface area contributed by atoms with Crippen molar-refractivity contribution < 1.29 is 24.9 Å². The quantitative estimate of drug-likeness (QED) is 0.211. The van der Waals surface area contributed by atoms with Gasteiger partial charge in [0, 0.05) is 55.0 Å². The minimum Gasteiger partial charge on any atom is -0.494 e. The van der Waals surface area contributed by atoms with Crippen LogP contribution in [0.25, 0.3) is 21.8 Å². The molecule has 0 aliphatic rings. The number of rotatable bonds is 8. The molecule has 9 heteroatoms. The van der Waals surface area contributed by atoms with Crippen molar-refractivity contribution >= 4 is 45.1 Å². The fourth-order valence-electron chi connectivity index (χ4n) is 4.64. The standard InChI is InChI=1S/C30H28N4O5/c1-33(2)25(35)12-13-26(36)34-15-14-19-16-21(9-11-24(19)34)31-28(18-6-4-3-5-7-18)27-22-10-8-20(30(38)39)17-23(22)32-29(27)37/h3-11,14-17,26,32,36-37H,12-13H2,1-2H3,(H,38,39). The van der Waals surface area contributed by atoms with Crippen molar-refractivity contribution in [3.05, 3.63) is 95.7 Å². The van der Waals surface area contributed by atoms with E-state index in [1.54, 1.807) is 30.9 Å². The van der Waals surface area contributed by atoms with Gasteiger partial charge in [-0.25, -0.2) is 9.79 Å². The van der Waals surface area contributed by atoms with Gasteiger partial charge in [0.05, 0.1) is 28.0 Å². The molecular formula is C30H28N4O5. The Morgan fingerprint density at radius 3 is 2.49 bits per heavy atom. The van der Waals surface area contributed by atoms with Crippen LogP contribution in [-0.4, -0.2) is 61.5 Å². The van der Waals surface area contributed by atoms with Gasteiger partial charge in [-0.15, -0.1) is 0 Å². The number of aliphatic hydroxyl groups is 1. The number of carboxylic acid groups (broad SMARTS) is 1. The number of nitrogens with zero attached hydrogens (tertiary/aromatic N) is 3. The summed E-state index contributed by atoms with van der Waals surface area (Å²) in [6.07, 6.45) is 1.47. The van der Waals surface area contributed by atoms with Crippen molar-refractivity contribution in [3.63, 3.8) is 0 Å². The second-order valence-electron chi connectivity index (χ2n) is 9.51. The van der Waals surface area contributed by atoms with Crippen LogP contribution in [0.4, 0.5) is 5.69 Å². The fraction of sp³-hybridized carbons (Fsp3) is 0.167. The molecule has 5 rings (SSSR count). The van der Waals surface area contributed by atoms with Gasteiger partial charge in [-0.3, -0.25) is 4.79 Å². The number of carboxylic acids is 1. The molecule has 4 N–H and O–H groups in total. The molecule has 39 heavy (non-hydrogen) atoms. The number of hydrogen-bond acceptors (Lipinski definition) is 5. The predicted molar refractivity (Wildman–Crippen MR) is 150 cm³/mol. The van der Waals surface area contributed by atoms with Crippen LogP contribution in [0.2, 0.25) is 0 Å². The van der Waals surface area contributed by atoms with Crippen LogP contribution in [0.15, 0.2) is 84.0 Å². The Labute approximate surface area is 224 Å². The third-order valence-corrected chi connectivity index (χ3v) is 6.69. The van der Waals surface area contributed by atoms with Crippen molar-refractivity contribution in [1.82, 2.24) is 14.5 Å². The number of benzene rings is 3. The molecule has 198 valence electrons. The van der Waals surface area contributed by atoms with E-state index in [0.29, 0.717) is 34.3 Å². The van der Waals surface area contributed by atoms with Crippen LogP contribution in [-0.2, 0) is 4.79 Å². The third-order valence-electron chi connectivity index (χ3n) is 6.69. The first-order chi connectivity index (χ1) is 18.7. The summed E-state index contributed by atoms with van der Waals surface area (Å²) in [4.78, 5) is 32.7. The molecule has 1 unspecified atom stereocenters. The minimum absolute atomic E-state index is 0.0460. The molecule has 2 aromatic heterocycles. The first kappa shape index (κ1) is 25.7. The molecule has 0 radical (unpaired) electrons. The monoisotopic (exact) mass is 524 g/mol. The molecule has 0 spiro atoms. The lowest BCUT2D eigenvalue weighted by atomic mass is 10.00. The second kappa shape index (κ2) is 10.5. The first-order valence-electron chi connectivity index (χ1n) is 12.4. The van der Waals surface area contributed by atoms with Crippen molar-refractivity contribution in [2.24, 2.45) is 4.99 Å². The second-order valence-corrected chi connectivity index (χ2v) is 9.51. The Balaban J connectivity index is 1.56. The lowest BCUT2D eigenvalue weighted by Gasteiger charge is -2.16. The molecule has 2 heterocycles. The van der Waals surface area contributed by atoms with Crippen LogP contribution < -0.4 is 0 Å². The van der Waals surface area contributed by atoms with Gasteiger partial charge in [-0.05, 0) is 36.4 Å². The number of carbonyl (C=O) groups is 2. The van der Waals surface area contributed by atoms with Crippen LogP contribution in [0.1, 0.15) is 40.6 Å². The fourth-order valence-corrected chi connectivity index (χ4v) is 4.64. The minimum atomic E-state index is -1.06. The first-order valence-corrected chi connectivity index (χ1v) is 12.4. The van der Waals surface area contributed by atoms with Gasteiger partial charge in [0.15, 0.2) is 5.88 Å². The van der Waals surface area contributed by atoms with E-state index in [2.05, 4.69) is 4.98 Å². The van der Waals surface area contributed by atoms with E-state index in [9.17, 15) is 24.9 Å². The summed E-state index contributed by atoms with van der Waals surface area (Å²) in [5, 5.41) is 32.5. The number of aromatic carboxylic acids is 1. The van der Waals surface area contributed by atoms with Gasteiger partial charge in [-0.2, -0.15) is 0 Å². The molecule has 0 aliphatic carbocycles. The van der Waals surface area contributed by atoms with Gasteiger partial charge in [0.25, 0.3) is 0 Å². The summed E-state index contributed by atoms with van der Waals surface area (Å²) in [5.74, 6) is -1.22. The molecule has 0 saturated carbocycles. The van der Waals surface area contributed by atoms with Crippen LogP contribution in [0, 0.1) is 0 Å². The summed E-state index contributed by atoms with van der Waals surface area (Å²) in [6, 6.07) is 21.5. The topological polar surface area (TPSA) is 131 Å². The molecule has 0 saturated heterocycles. The van der Waals surface area contributed by atoms with E-state index >= 15 is 0 Å². The summed E-state index contributed by atoms with van der Waals surface area (Å²) >= 11 is 0. The van der Waals surface area contributed by atoms with Gasteiger partial charge in [0.2, 0.25) is 5.91 Å². The molecule has 0 fully saturated rings.